The van der Waals surface area contributed by atoms with Gasteiger partial charge in [0.1, 0.15) is 0 Å². The van der Waals surface area contributed by atoms with Gasteiger partial charge in [-0.05, 0) is 0 Å². The summed E-state index contributed by atoms with van der Waals surface area (Å²) in [6.07, 6.45) is 12.4. The van der Waals surface area contributed by atoms with Gasteiger partial charge >= 0.3 is 59.1 Å². The average molecular weight is 203 g/mol. The van der Waals surface area contributed by atoms with Crippen LogP contribution in [0.4, 0.5) is 0 Å². The molecule has 0 aliphatic heterocycles. The molecular formula is C11H25Na2. The second kappa shape index (κ2) is 19.6. The van der Waals surface area contributed by atoms with Gasteiger partial charge in [0.25, 0.3) is 0 Å². The Morgan fingerprint density at radius 2 is 1.08 bits per heavy atom. The molecule has 2 heteroatoms. The predicted octanol–water partition coefficient (Wildman–Crippen LogP) is 3.05. The molecule has 0 aromatic heterocycles. The first-order valence-corrected chi connectivity index (χ1v) is 5.21. The molecule has 0 spiro atoms. The molecule has 0 nitrogen and oxygen atoms in total. The van der Waals surface area contributed by atoms with Gasteiger partial charge in [0.05, 0.1) is 0 Å². The molecular weight excluding hydrogens is 178 g/mol. The summed E-state index contributed by atoms with van der Waals surface area (Å²) in [5, 5.41) is 0. The van der Waals surface area contributed by atoms with Crippen LogP contribution in [0.1, 0.15) is 64.7 Å². The number of hydrogen-bond acceptors (Lipinski definition) is 0. The minimum atomic E-state index is 0. The van der Waals surface area contributed by atoms with Crippen LogP contribution in [0.5, 0.6) is 0 Å². The zero-order valence-electron chi connectivity index (χ0n) is 8.07. The van der Waals surface area contributed by atoms with Crippen molar-refractivity contribution in [1.82, 2.24) is 0 Å². The third kappa shape index (κ3) is 20.2. The molecule has 0 aliphatic carbocycles. The van der Waals surface area contributed by atoms with Gasteiger partial charge < -0.3 is 0 Å². The van der Waals surface area contributed by atoms with Gasteiger partial charge in [0.15, 0.2) is 0 Å². The van der Waals surface area contributed by atoms with Crippen molar-refractivity contribution in [3.8, 4) is 0 Å². The van der Waals surface area contributed by atoms with Gasteiger partial charge in [-0.3, -0.25) is 0 Å². The summed E-state index contributed by atoms with van der Waals surface area (Å²) in [5.74, 6) is 0. The zero-order valence-corrected chi connectivity index (χ0v) is 8.07. The molecule has 0 atom stereocenters. The summed E-state index contributed by atoms with van der Waals surface area (Å²) in [4.78, 5) is 0. The monoisotopic (exact) mass is 203 g/mol. The quantitative estimate of drug-likeness (QED) is 0.420. The Bertz CT molecular complexity index is 57.1. The van der Waals surface area contributed by atoms with Gasteiger partial charge in [-0.1, -0.05) is 71.6 Å². The zero-order chi connectivity index (χ0) is 8.36. The normalized spacial score (nSPS) is 8.77. The van der Waals surface area contributed by atoms with Crippen molar-refractivity contribution >= 4 is 59.1 Å². The molecule has 0 saturated heterocycles. The predicted molar refractivity (Wildman–Crippen MR) is 66.9 cm³/mol. The Morgan fingerprint density at radius 1 is 0.692 bits per heavy atom. The first-order chi connectivity index (χ1) is 5.41. The fourth-order valence-electron chi connectivity index (χ4n) is 1.31. The van der Waals surface area contributed by atoms with E-state index in [1.807, 2.05) is 0 Å². The van der Waals surface area contributed by atoms with Crippen LogP contribution in [-0.2, 0) is 0 Å². The van der Waals surface area contributed by atoms with Crippen molar-refractivity contribution in [2.45, 2.75) is 64.7 Å². The fourth-order valence-corrected chi connectivity index (χ4v) is 1.31. The van der Waals surface area contributed by atoms with E-state index in [-0.39, 0.29) is 59.1 Å². The molecule has 0 bridgehead atoms. The van der Waals surface area contributed by atoms with Crippen molar-refractivity contribution < 1.29 is 0 Å². The second-order valence-electron chi connectivity index (χ2n) is 3.33. The van der Waals surface area contributed by atoms with E-state index in [0.29, 0.717) is 0 Å². The third-order valence-corrected chi connectivity index (χ3v) is 2.10. The van der Waals surface area contributed by atoms with Gasteiger partial charge in [-0.2, -0.15) is 0 Å². The van der Waals surface area contributed by atoms with E-state index in [2.05, 4.69) is 13.8 Å². The van der Waals surface area contributed by atoms with Gasteiger partial charge in [-0.25, -0.2) is 0 Å². The number of rotatable bonds is 8. The topological polar surface area (TPSA) is 0 Å². The van der Waals surface area contributed by atoms with E-state index in [1.165, 1.54) is 51.4 Å². The first-order valence-electron chi connectivity index (χ1n) is 5.21. The minimum absolute atomic E-state index is 0. The summed E-state index contributed by atoms with van der Waals surface area (Å²) in [5.41, 5.74) is 0. The Balaban J connectivity index is -0.000000500. The summed E-state index contributed by atoms with van der Waals surface area (Å²) in [6, 6.07) is 0. The van der Waals surface area contributed by atoms with Crippen LogP contribution < -0.4 is 0 Å². The number of unbranched alkanes of at least 4 members (excludes halogenated alkanes) is 8. The van der Waals surface area contributed by atoms with E-state index in [9.17, 15) is 0 Å². The maximum absolute atomic E-state index is 3.83. The van der Waals surface area contributed by atoms with Crippen LogP contribution >= 0.6 is 0 Å². The average Bonchev–Trinajstić information content (AvgIpc) is 2.03. The Hall–Kier alpha value is 2.00. The molecule has 0 saturated carbocycles. The molecule has 0 aromatic carbocycles. The Labute approximate surface area is 129 Å². The molecule has 13 heavy (non-hydrogen) atoms. The molecule has 71 valence electrons. The summed E-state index contributed by atoms with van der Waals surface area (Å²) in [6.45, 7) is 6.10. The number of hydrogen-bond donors (Lipinski definition) is 0. The van der Waals surface area contributed by atoms with Crippen molar-refractivity contribution in [3.05, 3.63) is 6.92 Å². The van der Waals surface area contributed by atoms with Crippen molar-refractivity contribution in [3.63, 3.8) is 0 Å². The summed E-state index contributed by atoms with van der Waals surface area (Å²) >= 11 is 0. The van der Waals surface area contributed by atoms with Crippen LogP contribution in [0, 0.1) is 6.92 Å². The molecule has 0 fully saturated rings. The summed E-state index contributed by atoms with van der Waals surface area (Å²) in [7, 11) is 0. The van der Waals surface area contributed by atoms with Crippen LogP contribution in [0.3, 0.4) is 0 Å². The Kier molecular flexibility index (Phi) is 30.7. The van der Waals surface area contributed by atoms with Crippen molar-refractivity contribution in [1.29, 1.82) is 0 Å². The maximum atomic E-state index is 3.83. The van der Waals surface area contributed by atoms with E-state index < -0.39 is 0 Å². The van der Waals surface area contributed by atoms with Crippen LogP contribution in [-0.4, -0.2) is 59.1 Å². The standard InChI is InChI=1S/C11H23.2Na.2H/c1-3-5-7-9-11-10-8-6-4-2;;;;/h1,3-11H2,2H3;;;;. The van der Waals surface area contributed by atoms with E-state index >= 15 is 0 Å². The molecule has 0 aliphatic rings. The third-order valence-electron chi connectivity index (χ3n) is 2.10. The summed E-state index contributed by atoms with van der Waals surface area (Å²) < 4.78 is 0. The molecule has 0 amide bonds. The SMILES string of the molecule is [CH2]CCCCCCCCCC.[NaH].[NaH]. The van der Waals surface area contributed by atoms with Crippen molar-refractivity contribution in [2.75, 3.05) is 0 Å². The van der Waals surface area contributed by atoms with Crippen LogP contribution in [0.25, 0.3) is 0 Å². The molecule has 0 heterocycles. The second-order valence-corrected chi connectivity index (χ2v) is 3.33. The first kappa shape index (κ1) is 20.4. The molecule has 1 radical (unpaired) electrons. The van der Waals surface area contributed by atoms with Crippen LogP contribution in [0.15, 0.2) is 0 Å². The van der Waals surface area contributed by atoms with E-state index in [4.69, 9.17) is 0 Å². The molecule has 0 unspecified atom stereocenters. The van der Waals surface area contributed by atoms with Gasteiger partial charge in [0.2, 0.25) is 0 Å². The van der Waals surface area contributed by atoms with Crippen LogP contribution in [0.2, 0.25) is 0 Å². The van der Waals surface area contributed by atoms with Crippen molar-refractivity contribution in [2.24, 2.45) is 0 Å². The fraction of sp³-hybridized carbons (Fsp3) is 0.909. The molecule has 0 N–H and O–H groups in total. The van der Waals surface area contributed by atoms with E-state index in [1.54, 1.807) is 0 Å². The molecule has 0 rings (SSSR count). The molecule has 0 aromatic rings. The Morgan fingerprint density at radius 3 is 1.46 bits per heavy atom. The van der Waals surface area contributed by atoms with Gasteiger partial charge in [0, 0.05) is 0 Å². The van der Waals surface area contributed by atoms with E-state index in [0.717, 1.165) is 6.42 Å². The van der Waals surface area contributed by atoms with Gasteiger partial charge in [-0.15, -0.1) is 0 Å².